The maximum atomic E-state index is 13.6. The number of carbonyl (C=O) groups excluding carboxylic acids is 4. The van der Waals surface area contributed by atoms with E-state index in [0.717, 1.165) is 4.90 Å². The molecule has 3 rings (SSSR count). The van der Waals surface area contributed by atoms with Crippen molar-refractivity contribution in [2.45, 2.75) is 38.8 Å². The van der Waals surface area contributed by atoms with E-state index in [1.54, 1.807) is 6.07 Å². The van der Waals surface area contributed by atoms with E-state index in [2.05, 4.69) is 5.32 Å². The highest BCUT2D eigenvalue weighted by Crippen LogP contribution is 2.36. The van der Waals surface area contributed by atoms with Crippen LogP contribution in [0.3, 0.4) is 0 Å². The molecular weight excluding hydrogens is 367 g/mol. The topological polar surface area (TPSA) is 92.8 Å². The summed E-state index contributed by atoms with van der Waals surface area (Å²) in [5, 5.41) is 2.34. The normalized spacial score (nSPS) is 23.2. The van der Waals surface area contributed by atoms with E-state index in [9.17, 15) is 23.6 Å². The van der Waals surface area contributed by atoms with Crippen LogP contribution in [0.4, 0.5) is 10.1 Å². The molecule has 1 saturated heterocycles. The fourth-order valence-corrected chi connectivity index (χ4v) is 3.44. The number of ether oxygens (including phenoxy) is 1. The Morgan fingerprint density at radius 2 is 1.68 bits per heavy atom. The molecule has 1 N–H and O–H groups in total. The van der Waals surface area contributed by atoms with Crippen molar-refractivity contribution in [1.29, 1.82) is 0 Å². The van der Waals surface area contributed by atoms with Gasteiger partial charge in [-0.25, -0.2) is 9.18 Å². The molecule has 1 fully saturated rings. The number of nitrogens with one attached hydrogen (secondary N) is 1. The van der Waals surface area contributed by atoms with Gasteiger partial charge in [0.2, 0.25) is 11.8 Å². The Morgan fingerprint density at radius 1 is 1.11 bits per heavy atom. The molecule has 0 unspecified atom stereocenters. The molecule has 3 amide bonds. The molecule has 0 aromatic heterocycles. The number of hydrogen-bond donors (Lipinski definition) is 1. The third-order valence-electron chi connectivity index (χ3n) is 5.06. The third kappa shape index (κ3) is 3.67. The predicted molar refractivity (Wildman–Crippen MR) is 97.3 cm³/mol. The molecule has 1 aliphatic carbocycles. The van der Waals surface area contributed by atoms with E-state index in [4.69, 9.17) is 4.74 Å². The lowest BCUT2D eigenvalue weighted by Crippen LogP contribution is -2.46. The second-order valence-corrected chi connectivity index (χ2v) is 6.93. The summed E-state index contributed by atoms with van der Waals surface area (Å²) >= 11 is 0. The Kier molecular flexibility index (Phi) is 5.58. The standard InChI is InChI=1S/C20H21FN2O5/c1-11(23-18(25)13-7-3-4-8-14(13)19(23)26)20(27)28-12(2)17(24)22-16-10-6-5-9-15(16)21/h3-6,9-14H,7-8H2,1-2H3,(H,22,24)/t11-,12+,13-,14+/m1/s1. The van der Waals surface area contributed by atoms with Crippen LogP contribution < -0.4 is 5.32 Å². The Hall–Kier alpha value is -3.03. The van der Waals surface area contributed by atoms with E-state index in [0.29, 0.717) is 12.8 Å². The van der Waals surface area contributed by atoms with Gasteiger partial charge in [-0.2, -0.15) is 0 Å². The molecule has 7 nitrogen and oxygen atoms in total. The van der Waals surface area contributed by atoms with Gasteiger partial charge < -0.3 is 10.1 Å². The van der Waals surface area contributed by atoms with E-state index in [1.807, 2.05) is 12.2 Å². The van der Waals surface area contributed by atoms with Crippen LogP contribution in [0.5, 0.6) is 0 Å². The predicted octanol–water partition coefficient (Wildman–Crippen LogP) is 2.04. The number of hydrogen-bond acceptors (Lipinski definition) is 5. The van der Waals surface area contributed by atoms with Crippen LogP contribution in [-0.4, -0.2) is 40.7 Å². The number of imide groups is 1. The molecule has 0 bridgehead atoms. The minimum atomic E-state index is -1.23. The highest BCUT2D eigenvalue weighted by molar-refractivity contribution is 6.08. The number of fused-ring (bicyclic) bond motifs is 1. The van der Waals surface area contributed by atoms with E-state index in [-0.39, 0.29) is 5.69 Å². The zero-order valence-corrected chi connectivity index (χ0v) is 15.6. The Morgan fingerprint density at radius 3 is 2.25 bits per heavy atom. The molecule has 148 valence electrons. The monoisotopic (exact) mass is 388 g/mol. The molecule has 1 aliphatic heterocycles. The lowest BCUT2D eigenvalue weighted by atomic mass is 9.85. The van der Waals surface area contributed by atoms with Crippen LogP contribution in [-0.2, 0) is 23.9 Å². The average molecular weight is 388 g/mol. The number of likely N-dealkylation sites (tertiary alicyclic amines) is 1. The maximum absolute atomic E-state index is 13.6. The van der Waals surface area contributed by atoms with Crippen LogP contribution in [0.25, 0.3) is 0 Å². The quantitative estimate of drug-likeness (QED) is 0.473. The number of carbonyl (C=O) groups is 4. The molecule has 2 aliphatic rings. The Balaban J connectivity index is 1.62. The highest BCUT2D eigenvalue weighted by atomic mass is 19.1. The SMILES string of the molecule is C[C@H](OC(=O)[C@@H](C)N1C(=O)[C@H]2CC=CC[C@H]2C1=O)C(=O)Nc1ccccc1F. The van der Waals surface area contributed by atoms with Crippen LogP contribution >= 0.6 is 0 Å². The lowest BCUT2D eigenvalue weighted by molar-refractivity contribution is -0.163. The molecule has 0 radical (unpaired) electrons. The van der Waals surface area contributed by atoms with Gasteiger partial charge in [0, 0.05) is 0 Å². The summed E-state index contributed by atoms with van der Waals surface area (Å²) in [5.41, 5.74) is -0.0371. The smallest absolute Gasteiger partial charge is 0.329 e. The fraction of sp³-hybridized carbons (Fsp3) is 0.400. The zero-order valence-electron chi connectivity index (χ0n) is 15.6. The van der Waals surface area contributed by atoms with Crippen molar-refractivity contribution in [1.82, 2.24) is 4.90 Å². The Labute approximate surface area is 161 Å². The number of allylic oxidation sites excluding steroid dienone is 2. The molecular formula is C20H21FN2O5. The molecule has 0 saturated carbocycles. The van der Waals surface area contributed by atoms with Crippen LogP contribution in [0.15, 0.2) is 36.4 Å². The number of nitrogens with zero attached hydrogens (tertiary/aromatic N) is 1. The van der Waals surface area contributed by atoms with Crippen LogP contribution in [0.1, 0.15) is 26.7 Å². The molecule has 1 heterocycles. The second kappa shape index (κ2) is 7.92. The molecule has 28 heavy (non-hydrogen) atoms. The van der Waals surface area contributed by atoms with Gasteiger partial charge in [-0.1, -0.05) is 24.3 Å². The first kappa shape index (κ1) is 19.7. The number of benzene rings is 1. The average Bonchev–Trinajstić information content (AvgIpc) is 2.93. The first-order valence-corrected chi connectivity index (χ1v) is 9.09. The molecule has 0 spiro atoms. The second-order valence-electron chi connectivity index (χ2n) is 6.93. The van der Waals surface area contributed by atoms with Gasteiger partial charge in [0.05, 0.1) is 17.5 Å². The van der Waals surface area contributed by atoms with Crippen molar-refractivity contribution >= 4 is 29.4 Å². The first-order valence-electron chi connectivity index (χ1n) is 9.09. The van der Waals surface area contributed by atoms with Gasteiger partial charge >= 0.3 is 5.97 Å². The number of halogens is 1. The first-order chi connectivity index (χ1) is 13.3. The maximum Gasteiger partial charge on any atom is 0.329 e. The summed E-state index contributed by atoms with van der Waals surface area (Å²) in [7, 11) is 0. The molecule has 1 aromatic rings. The summed E-state index contributed by atoms with van der Waals surface area (Å²) in [6, 6.07) is 4.45. The third-order valence-corrected chi connectivity index (χ3v) is 5.06. The zero-order chi connectivity index (χ0) is 20.4. The Bertz CT molecular complexity index is 827. The minimum Gasteiger partial charge on any atom is -0.451 e. The van der Waals surface area contributed by atoms with Crippen molar-refractivity contribution in [3.8, 4) is 0 Å². The summed E-state index contributed by atoms with van der Waals surface area (Å²) in [4.78, 5) is 50.6. The number of amides is 3. The van der Waals surface area contributed by atoms with Crippen molar-refractivity contribution in [2.75, 3.05) is 5.32 Å². The van der Waals surface area contributed by atoms with E-state index >= 15 is 0 Å². The fourth-order valence-electron chi connectivity index (χ4n) is 3.44. The number of para-hydroxylation sites is 1. The van der Waals surface area contributed by atoms with Gasteiger partial charge in [-0.05, 0) is 38.8 Å². The van der Waals surface area contributed by atoms with Crippen LogP contribution in [0, 0.1) is 17.7 Å². The molecule has 1 aromatic carbocycles. The minimum absolute atomic E-state index is 0.0371. The van der Waals surface area contributed by atoms with Crippen molar-refractivity contribution in [3.05, 3.63) is 42.2 Å². The van der Waals surface area contributed by atoms with Gasteiger partial charge in [0.1, 0.15) is 11.9 Å². The summed E-state index contributed by atoms with van der Waals surface area (Å²) in [6.45, 7) is 2.72. The summed E-state index contributed by atoms with van der Waals surface area (Å²) in [5.74, 6) is -3.90. The summed E-state index contributed by atoms with van der Waals surface area (Å²) < 4.78 is 18.7. The van der Waals surface area contributed by atoms with Gasteiger partial charge in [0.15, 0.2) is 6.10 Å². The van der Waals surface area contributed by atoms with Crippen molar-refractivity contribution in [3.63, 3.8) is 0 Å². The van der Waals surface area contributed by atoms with Gasteiger partial charge in [-0.3, -0.25) is 19.3 Å². The van der Waals surface area contributed by atoms with E-state index < -0.39 is 53.5 Å². The van der Waals surface area contributed by atoms with E-state index in [1.165, 1.54) is 32.0 Å². The number of anilines is 1. The number of esters is 1. The molecule has 8 heteroatoms. The largest absolute Gasteiger partial charge is 0.451 e. The van der Waals surface area contributed by atoms with Crippen LogP contribution in [0.2, 0.25) is 0 Å². The van der Waals surface area contributed by atoms with Crippen molar-refractivity contribution < 1.29 is 28.3 Å². The number of rotatable bonds is 5. The van der Waals surface area contributed by atoms with Gasteiger partial charge in [0.25, 0.3) is 5.91 Å². The lowest BCUT2D eigenvalue weighted by Gasteiger charge is -2.23. The van der Waals surface area contributed by atoms with Gasteiger partial charge in [-0.15, -0.1) is 0 Å². The highest BCUT2D eigenvalue weighted by Gasteiger charge is 2.50. The molecule has 4 atom stereocenters. The summed E-state index contributed by atoms with van der Waals surface area (Å²) in [6.07, 6.45) is 3.41. The van der Waals surface area contributed by atoms with Crippen molar-refractivity contribution in [2.24, 2.45) is 11.8 Å².